The molecule has 2 aromatic carbocycles. The van der Waals surface area contributed by atoms with Crippen molar-refractivity contribution in [3.63, 3.8) is 0 Å². The topological polar surface area (TPSA) is 98.2 Å². The predicted molar refractivity (Wildman–Crippen MR) is 112 cm³/mol. The molecule has 0 spiro atoms. The second-order valence-corrected chi connectivity index (χ2v) is 6.99. The van der Waals surface area contributed by atoms with Crippen molar-refractivity contribution in [2.45, 2.75) is 32.7 Å². The Balaban J connectivity index is 2.49. The number of anilines is 2. The van der Waals surface area contributed by atoms with E-state index >= 15 is 0 Å². The molecule has 0 aliphatic rings. The van der Waals surface area contributed by atoms with Gasteiger partial charge in [0.05, 0.1) is 29.0 Å². The highest BCUT2D eigenvalue weighted by Crippen LogP contribution is 2.31. The van der Waals surface area contributed by atoms with Crippen LogP contribution in [0.3, 0.4) is 0 Å². The van der Waals surface area contributed by atoms with Crippen LogP contribution >= 0.6 is 0 Å². The Morgan fingerprint density at radius 2 is 1.45 bits per heavy atom. The third-order valence-electron chi connectivity index (χ3n) is 4.58. The number of amides is 1. The molecule has 0 bridgehead atoms. The van der Waals surface area contributed by atoms with Gasteiger partial charge in [-0.25, -0.2) is 9.59 Å². The van der Waals surface area contributed by atoms with Gasteiger partial charge < -0.3 is 20.0 Å². The summed E-state index contributed by atoms with van der Waals surface area (Å²) in [5, 5.41) is 18.5. The molecule has 2 rings (SSSR count). The largest absolute Gasteiger partial charge is 0.478 e. The van der Waals surface area contributed by atoms with E-state index in [-0.39, 0.29) is 23.6 Å². The summed E-state index contributed by atoms with van der Waals surface area (Å²) in [6.07, 6.45) is 1.93. The van der Waals surface area contributed by atoms with Gasteiger partial charge in [-0.15, -0.1) is 0 Å². The minimum Gasteiger partial charge on any atom is -0.478 e. The van der Waals surface area contributed by atoms with Crippen LogP contribution in [0.4, 0.5) is 11.4 Å². The Labute approximate surface area is 170 Å². The molecule has 1 amide bonds. The Hall–Kier alpha value is -3.35. The van der Waals surface area contributed by atoms with E-state index in [1.54, 1.807) is 23.1 Å². The number of nitrogens with zero attached hydrogens (tertiary/aromatic N) is 2. The molecule has 0 saturated heterocycles. The number of carboxylic acid groups (broad SMARTS) is 2. The molecule has 2 aromatic rings. The van der Waals surface area contributed by atoms with E-state index in [0.717, 1.165) is 24.1 Å². The van der Waals surface area contributed by atoms with E-state index < -0.39 is 11.9 Å². The van der Waals surface area contributed by atoms with Gasteiger partial charge in [0, 0.05) is 20.5 Å². The van der Waals surface area contributed by atoms with Crippen LogP contribution in [0.5, 0.6) is 0 Å². The Kier molecular flexibility index (Phi) is 7.36. The number of aromatic carboxylic acids is 2. The standard InChI is InChI=1S/C22H26N2O5/c1-4-5-6-20(25)24(14-15-7-9-16(10-8-15)21(26)27)19-13-17(22(28)29)11-12-18(19)23(2)3/h7-13H,4-6,14H2,1-3H3,(H,26,27)(H,28,29). The highest BCUT2D eigenvalue weighted by atomic mass is 16.4. The Morgan fingerprint density at radius 1 is 0.862 bits per heavy atom. The molecule has 29 heavy (non-hydrogen) atoms. The first-order chi connectivity index (χ1) is 13.7. The first-order valence-electron chi connectivity index (χ1n) is 9.41. The van der Waals surface area contributed by atoms with Gasteiger partial charge in [-0.3, -0.25) is 4.79 Å². The lowest BCUT2D eigenvalue weighted by molar-refractivity contribution is -0.118. The van der Waals surface area contributed by atoms with Crippen LogP contribution in [-0.2, 0) is 11.3 Å². The monoisotopic (exact) mass is 398 g/mol. The van der Waals surface area contributed by atoms with Crippen LogP contribution in [0.1, 0.15) is 52.5 Å². The maximum absolute atomic E-state index is 13.0. The van der Waals surface area contributed by atoms with Crippen molar-refractivity contribution in [1.29, 1.82) is 0 Å². The van der Waals surface area contributed by atoms with Gasteiger partial charge in [-0.2, -0.15) is 0 Å². The van der Waals surface area contributed by atoms with Crippen molar-refractivity contribution in [3.05, 3.63) is 59.2 Å². The second kappa shape index (κ2) is 9.73. The first kappa shape index (κ1) is 21.9. The molecule has 0 radical (unpaired) electrons. The summed E-state index contributed by atoms with van der Waals surface area (Å²) in [7, 11) is 3.66. The number of carbonyl (C=O) groups excluding carboxylic acids is 1. The van der Waals surface area contributed by atoms with Gasteiger partial charge in [-0.1, -0.05) is 25.5 Å². The van der Waals surface area contributed by atoms with E-state index in [4.69, 9.17) is 5.11 Å². The van der Waals surface area contributed by atoms with E-state index in [1.165, 1.54) is 24.3 Å². The molecule has 0 atom stereocenters. The van der Waals surface area contributed by atoms with Crippen molar-refractivity contribution in [1.82, 2.24) is 0 Å². The quantitative estimate of drug-likeness (QED) is 0.665. The molecule has 2 N–H and O–H groups in total. The summed E-state index contributed by atoms with van der Waals surface area (Å²) in [6.45, 7) is 2.21. The fraction of sp³-hybridized carbons (Fsp3) is 0.318. The van der Waals surface area contributed by atoms with Gasteiger partial charge in [0.25, 0.3) is 0 Å². The van der Waals surface area contributed by atoms with Crippen molar-refractivity contribution in [2.75, 3.05) is 23.9 Å². The van der Waals surface area contributed by atoms with Gasteiger partial charge in [0.2, 0.25) is 5.91 Å². The summed E-state index contributed by atoms with van der Waals surface area (Å²) in [5.41, 5.74) is 2.25. The zero-order valence-electron chi connectivity index (χ0n) is 16.9. The fourth-order valence-corrected chi connectivity index (χ4v) is 2.96. The summed E-state index contributed by atoms with van der Waals surface area (Å²) in [4.78, 5) is 39.0. The van der Waals surface area contributed by atoms with Crippen LogP contribution in [0.25, 0.3) is 0 Å². The number of unbranched alkanes of at least 4 members (excludes halogenated alkanes) is 1. The first-order valence-corrected chi connectivity index (χ1v) is 9.41. The van der Waals surface area contributed by atoms with Crippen LogP contribution in [0, 0.1) is 0 Å². The number of carbonyl (C=O) groups is 3. The maximum Gasteiger partial charge on any atom is 0.335 e. The van der Waals surface area contributed by atoms with Gasteiger partial charge in [-0.05, 0) is 42.3 Å². The van der Waals surface area contributed by atoms with Crippen molar-refractivity contribution in [3.8, 4) is 0 Å². The Bertz CT molecular complexity index is 891. The van der Waals surface area contributed by atoms with Crippen LogP contribution in [0.15, 0.2) is 42.5 Å². The number of benzene rings is 2. The molecular weight excluding hydrogens is 372 g/mol. The molecule has 154 valence electrons. The third-order valence-corrected chi connectivity index (χ3v) is 4.58. The lowest BCUT2D eigenvalue weighted by atomic mass is 10.1. The Morgan fingerprint density at radius 3 is 1.97 bits per heavy atom. The van der Waals surface area contributed by atoms with Crippen molar-refractivity contribution < 1.29 is 24.6 Å². The van der Waals surface area contributed by atoms with Gasteiger partial charge in [0.15, 0.2) is 0 Å². The molecule has 0 saturated carbocycles. The van der Waals surface area contributed by atoms with Gasteiger partial charge in [0.1, 0.15) is 0 Å². The summed E-state index contributed by atoms with van der Waals surface area (Å²) in [6, 6.07) is 11.0. The van der Waals surface area contributed by atoms with E-state index in [9.17, 15) is 19.5 Å². The molecular formula is C22H26N2O5. The molecule has 0 aliphatic carbocycles. The lowest BCUT2D eigenvalue weighted by Gasteiger charge is -2.28. The predicted octanol–water partition coefficient (Wildman–Crippen LogP) is 3.87. The third kappa shape index (κ3) is 5.57. The number of carboxylic acids is 2. The summed E-state index contributed by atoms with van der Waals surface area (Å²) < 4.78 is 0. The zero-order valence-corrected chi connectivity index (χ0v) is 16.9. The molecule has 0 aliphatic heterocycles. The highest BCUT2D eigenvalue weighted by Gasteiger charge is 2.22. The lowest BCUT2D eigenvalue weighted by Crippen LogP contribution is -2.32. The summed E-state index contributed by atoms with van der Waals surface area (Å²) in [5.74, 6) is -2.19. The van der Waals surface area contributed by atoms with Crippen LogP contribution in [0.2, 0.25) is 0 Å². The molecule has 7 heteroatoms. The highest BCUT2D eigenvalue weighted by molar-refractivity contribution is 5.99. The maximum atomic E-state index is 13.0. The van der Waals surface area contributed by atoms with Crippen LogP contribution in [-0.4, -0.2) is 42.2 Å². The average molecular weight is 398 g/mol. The van der Waals surface area contributed by atoms with E-state index in [0.29, 0.717) is 12.1 Å². The average Bonchev–Trinajstić information content (AvgIpc) is 2.69. The van der Waals surface area contributed by atoms with E-state index in [1.807, 2.05) is 25.9 Å². The smallest absolute Gasteiger partial charge is 0.335 e. The molecule has 0 aromatic heterocycles. The fourth-order valence-electron chi connectivity index (χ4n) is 2.96. The van der Waals surface area contributed by atoms with Crippen LogP contribution < -0.4 is 9.80 Å². The number of hydrogen-bond acceptors (Lipinski definition) is 4. The SMILES string of the molecule is CCCCC(=O)N(Cc1ccc(C(=O)O)cc1)c1cc(C(=O)O)ccc1N(C)C. The van der Waals surface area contributed by atoms with E-state index in [2.05, 4.69) is 0 Å². The number of rotatable bonds is 9. The zero-order chi connectivity index (χ0) is 21.6. The minimum absolute atomic E-state index is 0.0973. The molecule has 0 fully saturated rings. The van der Waals surface area contributed by atoms with Crippen molar-refractivity contribution in [2.24, 2.45) is 0 Å². The minimum atomic E-state index is -1.07. The number of hydrogen-bond donors (Lipinski definition) is 2. The second-order valence-electron chi connectivity index (χ2n) is 6.99. The molecule has 0 heterocycles. The molecule has 7 nitrogen and oxygen atoms in total. The van der Waals surface area contributed by atoms with Crippen molar-refractivity contribution >= 4 is 29.2 Å². The van der Waals surface area contributed by atoms with Gasteiger partial charge >= 0.3 is 11.9 Å². The summed E-state index contributed by atoms with van der Waals surface area (Å²) >= 11 is 0. The molecule has 0 unspecified atom stereocenters. The normalized spacial score (nSPS) is 10.4.